The second kappa shape index (κ2) is 6.54. The zero-order valence-corrected chi connectivity index (χ0v) is 13.1. The SMILES string of the molecule is CC(c1ccc(F)c(F)c1)N(C)CC1COc2ccccc2O1. The molecule has 1 aliphatic rings. The van der Waals surface area contributed by atoms with Gasteiger partial charge in [0.15, 0.2) is 23.1 Å². The Hall–Kier alpha value is -2.14. The van der Waals surface area contributed by atoms with Crippen LogP contribution in [-0.4, -0.2) is 31.2 Å². The number of nitrogens with zero attached hydrogens (tertiary/aromatic N) is 1. The van der Waals surface area contributed by atoms with Crippen molar-refractivity contribution >= 4 is 0 Å². The summed E-state index contributed by atoms with van der Waals surface area (Å²) in [4.78, 5) is 2.04. The van der Waals surface area contributed by atoms with Gasteiger partial charge in [0.05, 0.1) is 0 Å². The highest BCUT2D eigenvalue weighted by molar-refractivity contribution is 5.40. The van der Waals surface area contributed by atoms with Gasteiger partial charge in [0.2, 0.25) is 0 Å². The van der Waals surface area contributed by atoms with Crippen LogP contribution in [0.1, 0.15) is 18.5 Å². The number of hydrogen-bond donors (Lipinski definition) is 0. The van der Waals surface area contributed by atoms with E-state index >= 15 is 0 Å². The molecule has 0 N–H and O–H groups in total. The molecule has 0 aromatic heterocycles. The molecule has 1 aliphatic heterocycles. The molecule has 0 fully saturated rings. The minimum Gasteiger partial charge on any atom is -0.486 e. The van der Waals surface area contributed by atoms with Crippen LogP contribution in [0.2, 0.25) is 0 Å². The minimum atomic E-state index is -0.829. The molecular weight excluding hydrogens is 300 g/mol. The molecular formula is C18H19F2NO2. The number of likely N-dealkylation sites (N-methyl/N-ethyl adjacent to an activating group) is 1. The van der Waals surface area contributed by atoms with Crippen molar-refractivity contribution in [1.82, 2.24) is 4.90 Å². The van der Waals surface area contributed by atoms with Crippen molar-refractivity contribution in [3.63, 3.8) is 0 Å². The predicted molar refractivity (Wildman–Crippen MR) is 83.8 cm³/mol. The van der Waals surface area contributed by atoms with Crippen LogP contribution in [0.3, 0.4) is 0 Å². The highest BCUT2D eigenvalue weighted by atomic mass is 19.2. The van der Waals surface area contributed by atoms with Crippen LogP contribution in [-0.2, 0) is 0 Å². The first kappa shape index (κ1) is 15.7. The molecule has 23 heavy (non-hydrogen) atoms. The molecule has 0 radical (unpaired) electrons. The molecule has 0 saturated carbocycles. The van der Waals surface area contributed by atoms with E-state index in [0.29, 0.717) is 13.2 Å². The van der Waals surface area contributed by atoms with E-state index in [1.54, 1.807) is 6.07 Å². The standard InChI is InChI=1S/C18H19F2NO2/c1-12(13-7-8-15(19)16(20)9-13)21(2)10-14-11-22-17-5-3-4-6-18(17)23-14/h3-9,12,14H,10-11H2,1-2H3. The Morgan fingerprint density at radius 1 is 1.13 bits per heavy atom. The van der Waals surface area contributed by atoms with E-state index in [-0.39, 0.29) is 12.1 Å². The topological polar surface area (TPSA) is 21.7 Å². The Morgan fingerprint density at radius 2 is 1.87 bits per heavy atom. The second-order valence-electron chi connectivity index (χ2n) is 5.79. The average molecular weight is 319 g/mol. The zero-order valence-electron chi connectivity index (χ0n) is 13.1. The summed E-state index contributed by atoms with van der Waals surface area (Å²) in [5, 5.41) is 0. The second-order valence-corrected chi connectivity index (χ2v) is 5.79. The number of halogens is 2. The Bertz CT molecular complexity index is 692. The molecule has 1 heterocycles. The van der Waals surface area contributed by atoms with E-state index in [1.807, 2.05) is 43.1 Å². The number of para-hydroxylation sites is 2. The monoisotopic (exact) mass is 319 g/mol. The molecule has 0 amide bonds. The fourth-order valence-corrected chi connectivity index (χ4v) is 2.66. The number of hydrogen-bond acceptors (Lipinski definition) is 3. The Labute approximate surface area is 134 Å². The summed E-state index contributed by atoms with van der Waals surface area (Å²) < 4.78 is 38.1. The third-order valence-corrected chi connectivity index (χ3v) is 4.15. The molecule has 0 aliphatic carbocycles. The van der Waals surface area contributed by atoms with Crippen LogP contribution in [0.25, 0.3) is 0 Å². The van der Waals surface area contributed by atoms with E-state index < -0.39 is 11.6 Å². The first-order valence-corrected chi connectivity index (χ1v) is 7.58. The zero-order chi connectivity index (χ0) is 16.4. The minimum absolute atomic E-state index is 0.0640. The maximum atomic E-state index is 13.4. The number of ether oxygens (including phenoxy) is 2. The maximum Gasteiger partial charge on any atom is 0.161 e. The van der Waals surface area contributed by atoms with Gasteiger partial charge in [-0.05, 0) is 43.8 Å². The molecule has 2 unspecified atom stereocenters. The van der Waals surface area contributed by atoms with Crippen LogP contribution in [0.15, 0.2) is 42.5 Å². The first-order chi connectivity index (χ1) is 11.0. The first-order valence-electron chi connectivity index (χ1n) is 7.58. The molecule has 2 aromatic carbocycles. The summed E-state index contributed by atoms with van der Waals surface area (Å²) in [7, 11) is 1.93. The molecule has 2 aromatic rings. The van der Waals surface area contributed by atoms with Gasteiger partial charge in [-0.3, -0.25) is 4.90 Å². The lowest BCUT2D eigenvalue weighted by Crippen LogP contribution is -2.40. The van der Waals surface area contributed by atoms with E-state index in [4.69, 9.17) is 9.47 Å². The van der Waals surface area contributed by atoms with Gasteiger partial charge in [-0.2, -0.15) is 0 Å². The molecule has 3 rings (SSSR count). The van der Waals surface area contributed by atoms with Crippen molar-refractivity contribution in [2.75, 3.05) is 20.2 Å². The van der Waals surface area contributed by atoms with Crippen LogP contribution >= 0.6 is 0 Å². The Morgan fingerprint density at radius 3 is 2.61 bits per heavy atom. The summed E-state index contributed by atoms with van der Waals surface area (Å²) in [6.45, 7) is 3.03. The molecule has 2 atom stereocenters. The van der Waals surface area contributed by atoms with Crippen molar-refractivity contribution < 1.29 is 18.3 Å². The van der Waals surface area contributed by atoms with Crippen molar-refractivity contribution in [3.05, 3.63) is 59.7 Å². The maximum absolute atomic E-state index is 13.4. The normalized spacial score (nSPS) is 18.0. The van der Waals surface area contributed by atoms with Crippen molar-refractivity contribution in [3.8, 4) is 11.5 Å². The lowest BCUT2D eigenvalue weighted by atomic mass is 10.1. The van der Waals surface area contributed by atoms with Gasteiger partial charge in [-0.25, -0.2) is 8.78 Å². The van der Waals surface area contributed by atoms with Crippen molar-refractivity contribution in [2.45, 2.75) is 19.1 Å². The van der Waals surface area contributed by atoms with Gasteiger partial charge in [0.25, 0.3) is 0 Å². The number of rotatable bonds is 4. The summed E-state index contributed by atoms with van der Waals surface area (Å²) >= 11 is 0. The van der Waals surface area contributed by atoms with E-state index in [9.17, 15) is 8.78 Å². The largest absolute Gasteiger partial charge is 0.486 e. The molecule has 3 nitrogen and oxygen atoms in total. The number of benzene rings is 2. The quantitative estimate of drug-likeness (QED) is 0.855. The summed E-state index contributed by atoms with van der Waals surface area (Å²) in [6.07, 6.45) is -0.109. The van der Waals surface area contributed by atoms with Gasteiger partial charge in [0, 0.05) is 12.6 Å². The van der Waals surface area contributed by atoms with Crippen LogP contribution in [0.5, 0.6) is 11.5 Å². The summed E-state index contributed by atoms with van der Waals surface area (Å²) in [6, 6.07) is 11.5. The van der Waals surface area contributed by atoms with Crippen LogP contribution in [0.4, 0.5) is 8.78 Å². The van der Waals surface area contributed by atoms with Gasteiger partial charge in [-0.1, -0.05) is 18.2 Å². The number of fused-ring (bicyclic) bond motifs is 1. The molecule has 5 heteroatoms. The predicted octanol–water partition coefficient (Wildman–Crippen LogP) is 3.80. The molecule has 122 valence electrons. The third-order valence-electron chi connectivity index (χ3n) is 4.15. The van der Waals surface area contributed by atoms with Gasteiger partial charge in [-0.15, -0.1) is 0 Å². The van der Waals surface area contributed by atoms with Gasteiger partial charge >= 0.3 is 0 Å². The lowest BCUT2D eigenvalue weighted by molar-refractivity contribution is 0.0562. The smallest absolute Gasteiger partial charge is 0.161 e. The Balaban J connectivity index is 1.65. The average Bonchev–Trinajstić information content (AvgIpc) is 2.56. The molecule has 0 spiro atoms. The Kier molecular flexibility index (Phi) is 4.48. The van der Waals surface area contributed by atoms with Crippen LogP contribution < -0.4 is 9.47 Å². The van der Waals surface area contributed by atoms with Crippen LogP contribution in [0, 0.1) is 11.6 Å². The summed E-state index contributed by atoms with van der Waals surface area (Å²) in [5.41, 5.74) is 0.725. The van der Waals surface area contributed by atoms with Gasteiger partial charge in [0.1, 0.15) is 12.7 Å². The molecule has 0 bridgehead atoms. The van der Waals surface area contributed by atoms with Crippen molar-refractivity contribution in [2.24, 2.45) is 0 Å². The highest BCUT2D eigenvalue weighted by Gasteiger charge is 2.24. The fourth-order valence-electron chi connectivity index (χ4n) is 2.66. The van der Waals surface area contributed by atoms with E-state index in [0.717, 1.165) is 23.1 Å². The molecule has 0 saturated heterocycles. The van der Waals surface area contributed by atoms with E-state index in [2.05, 4.69) is 0 Å². The third kappa shape index (κ3) is 3.45. The van der Waals surface area contributed by atoms with E-state index in [1.165, 1.54) is 6.07 Å². The lowest BCUT2D eigenvalue weighted by Gasteiger charge is -2.32. The fraction of sp³-hybridized carbons (Fsp3) is 0.333. The van der Waals surface area contributed by atoms with Crippen molar-refractivity contribution in [1.29, 1.82) is 0 Å². The highest BCUT2D eigenvalue weighted by Crippen LogP contribution is 2.31. The van der Waals surface area contributed by atoms with Gasteiger partial charge < -0.3 is 9.47 Å². The summed E-state index contributed by atoms with van der Waals surface area (Å²) in [5.74, 6) is -0.171.